The number of nitrogens with two attached hydrogens (primary N) is 1. The number of benzene rings is 1. The molecule has 0 aliphatic carbocycles. The maximum absolute atomic E-state index is 11.8. The summed E-state index contributed by atoms with van der Waals surface area (Å²) in [5.74, 6) is 0.716. The van der Waals surface area contributed by atoms with Gasteiger partial charge in [-0.1, -0.05) is 23.5 Å². The molecule has 0 bridgehead atoms. The highest BCUT2D eigenvalue weighted by molar-refractivity contribution is 7.14. The number of rotatable bonds is 4. The Kier molecular flexibility index (Phi) is 3.44. The Hall–Kier alpha value is -2.25. The molecule has 0 saturated carbocycles. The molecule has 3 rings (SSSR count). The maximum atomic E-state index is 11.8. The molecule has 0 spiro atoms. The lowest BCUT2D eigenvalue weighted by Gasteiger charge is -2.06. The molecule has 20 heavy (non-hydrogen) atoms. The second kappa shape index (κ2) is 5.40. The zero-order valence-electron chi connectivity index (χ0n) is 10.5. The molecule has 0 fully saturated rings. The molecule has 2 heterocycles. The van der Waals surface area contributed by atoms with Crippen LogP contribution in [0.2, 0.25) is 0 Å². The minimum absolute atomic E-state index is 0.201. The third-order valence-electron chi connectivity index (χ3n) is 2.79. The van der Waals surface area contributed by atoms with Gasteiger partial charge in [-0.3, -0.25) is 4.79 Å². The highest BCUT2D eigenvalue weighted by Crippen LogP contribution is 2.13. The first-order valence-corrected chi connectivity index (χ1v) is 6.88. The molecule has 0 amide bonds. The summed E-state index contributed by atoms with van der Waals surface area (Å²) in [6.45, 7) is 0.742. The van der Waals surface area contributed by atoms with Crippen LogP contribution in [0.1, 0.15) is 11.3 Å². The predicted octanol–water partition coefficient (Wildman–Crippen LogP) is 1.19. The van der Waals surface area contributed by atoms with Crippen LogP contribution < -0.4 is 16.0 Å². The summed E-state index contributed by atoms with van der Waals surface area (Å²) in [6.07, 6.45) is 0. The van der Waals surface area contributed by atoms with Crippen molar-refractivity contribution < 1.29 is 4.74 Å². The van der Waals surface area contributed by atoms with Gasteiger partial charge in [-0.15, -0.1) is 0 Å². The molecule has 0 aliphatic rings. The number of fused-ring (bicyclic) bond motifs is 1. The maximum Gasteiger partial charge on any atom is 0.275 e. The van der Waals surface area contributed by atoms with E-state index in [-0.39, 0.29) is 12.2 Å². The van der Waals surface area contributed by atoms with Crippen LogP contribution in [-0.4, -0.2) is 14.6 Å². The van der Waals surface area contributed by atoms with Gasteiger partial charge in [-0.25, -0.2) is 4.98 Å². The molecular weight excluding hydrogens is 276 g/mol. The monoisotopic (exact) mass is 288 g/mol. The van der Waals surface area contributed by atoms with E-state index in [1.165, 1.54) is 21.9 Å². The van der Waals surface area contributed by atoms with E-state index in [9.17, 15) is 4.79 Å². The first kappa shape index (κ1) is 12.8. The zero-order chi connectivity index (χ0) is 13.9. The lowest BCUT2D eigenvalue weighted by Crippen LogP contribution is -2.16. The number of ether oxygens (including phenoxy) is 1. The van der Waals surface area contributed by atoms with Crippen LogP contribution >= 0.6 is 11.3 Å². The minimum atomic E-state index is -0.201. The summed E-state index contributed by atoms with van der Waals surface area (Å²) in [5, 5.41) is 3.90. The van der Waals surface area contributed by atoms with Crippen molar-refractivity contribution >= 4 is 16.3 Å². The molecule has 0 atom stereocenters. The van der Waals surface area contributed by atoms with Gasteiger partial charge in [0.25, 0.3) is 5.56 Å². The number of hydrogen-bond donors (Lipinski definition) is 1. The highest BCUT2D eigenvalue weighted by Gasteiger charge is 2.05. The fourth-order valence-corrected chi connectivity index (χ4v) is 2.40. The van der Waals surface area contributed by atoms with Gasteiger partial charge in [0, 0.05) is 12.6 Å². The van der Waals surface area contributed by atoms with Gasteiger partial charge in [-0.05, 0) is 17.7 Å². The Morgan fingerprint density at radius 1 is 1.30 bits per heavy atom. The smallest absolute Gasteiger partial charge is 0.275 e. The summed E-state index contributed by atoms with van der Waals surface area (Å²) < 4.78 is 6.87. The molecule has 7 heteroatoms. The first-order valence-electron chi connectivity index (χ1n) is 6.00. The Balaban J connectivity index is 1.77. The summed E-state index contributed by atoms with van der Waals surface area (Å²) >= 11 is 1.31. The van der Waals surface area contributed by atoms with E-state index < -0.39 is 0 Å². The summed E-state index contributed by atoms with van der Waals surface area (Å²) in [7, 11) is 0. The van der Waals surface area contributed by atoms with Crippen molar-refractivity contribution in [1.29, 1.82) is 0 Å². The molecule has 2 N–H and O–H groups in total. The SMILES string of the molecule is NCc1ccc(OCc2cc(=O)n3ncsc3n2)cc1. The lowest BCUT2D eigenvalue weighted by molar-refractivity contribution is 0.301. The van der Waals surface area contributed by atoms with Crippen LogP contribution in [-0.2, 0) is 13.2 Å². The third-order valence-corrected chi connectivity index (χ3v) is 3.46. The molecular formula is C13H12N4O2S. The second-order valence-electron chi connectivity index (χ2n) is 4.16. The molecule has 1 aromatic carbocycles. The largest absolute Gasteiger partial charge is 0.487 e. The van der Waals surface area contributed by atoms with E-state index in [1.54, 1.807) is 5.51 Å². The van der Waals surface area contributed by atoms with E-state index >= 15 is 0 Å². The molecule has 0 radical (unpaired) electrons. The number of hydrogen-bond acceptors (Lipinski definition) is 6. The van der Waals surface area contributed by atoms with Crippen LogP contribution in [0.3, 0.4) is 0 Å². The lowest BCUT2D eigenvalue weighted by atomic mass is 10.2. The van der Waals surface area contributed by atoms with Gasteiger partial charge in [0.2, 0.25) is 4.96 Å². The molecule has 3 aromatic rings. The minimum Gasteiger partial charge on any atom is -0.487 e. The highest BCUT2D eigenvalue weighted by atomic mass is 32.1. The van der Waals surface area contributed by atoms with Crippen molar-refractivity contribution in [1.82, 2.24) is 14.6 Å². The zero-order valence-corrected chi connectivity index (χ0v) is 11.3. The average molecular weight is 288 g/mol. The summed E-state index contributed by atoms with van der Waals surface area (Å²) in [6, 6.07) is 8.94. The average Bonchev–Trinajstić information content (AvgIpc) is 2.94. The summed E-state index contributed by atoms with van der Waals surface area (Å²) in [4.78, 5) is 16.6. The van der Waals surface area contributed by atoms with Crippen molar-refractivity contribution in [2.45, 2.75) is 13.2 Å². The second-order valence-corrected chi connectivity index (χ2v) is 4.97. The number of aromatic nitrogens is 3. The predicted molar refractivity (Wildman–Crippen MR) is 75.8 cm³/mol. The standard InChI is InChI=1S/C13H12N4O2S/c14-6-9-1-3-11(4-2-9)19-7-10-5-12(18)17-13(16-10)20-8-15-17/h1-5,8H,6-7,14H2. The molecule has 102 valence electrons. The number of nitrogens with zero attached hydrogens (tertiary/aromatic N) is 3. The van der Waals surface area contributed by atoms with Crippen LogP contribution in [0.5, 0.6) is 5.75 Å². The van der Waals surface area contributed by atoms with Crippen molar-refractivity contribution in [3.8, 4) is 5.75 Å². The van der Waals surface area contributed by atoms with Crippen molar-refractivity contribution in [3.05, 3.63) is 57.5 Å². The van der Waals surface area contributed by atoms with Crippen LogP contribution in [0, 0.1) is 0 Å². The van der Waals surface area contributed by atoms with Crippen LogP contribution in [0.15, 0.2) is 40.6 Å². The van der Waals surface area contributed by atoms with E-state index in [0.717, 1.165) is 5.56 Å². The Morgan fingerprint density at radius 3 is 2.85 bits per heavy atom. The van der Waals surface area contributed by atoms with E-state index in [4.69, 9.17) is 10.5 Å². The van der Waals surface area contributed by atoms with E-state index in [1.807, 2.05) is 24.3 Å². The normalized spacial score (nSPS) is 10.8. The van der Waals surface area contributed by atoms with Crippen LogP contribution in [0.25, 0.3) is 4.96 Å². The summed E-state index contributed by atoms with van der Waals surface area (Å²) in [5.41, 5.74) is 8.54. The van der Waals surface area contributed by atoms with Gasteiger partial charge >= 0.3 is 0 Å². The fraction of sp³-hybridized carbons (Fsp3) is 0.154. The van der Waals surface area contributed by atoms with E-state index in [0.29, 0.717) is 22.9 Å². The Morgan fingerprint density at radius 2 is 2.10 bits per heavy atom. The van der Waals surface area contributed by atoms with Gasteiger partial charge in [0.05, 0.1) is 5.69 Å². The van der Waals surface area contributed by atoms with E-state index in [2.05, 4.69) is 10.1 Å². The van der Waals surface area contributed by atoms with Gasteiger partial charge in [0.1, 0.15) is 17.9 Å². The fourth-order valence-electron chi connectivity index (χ4n) is 1.75. The quantitative estimate of drug-likeness (QED) is 0.779. The van der Waals surface area contributed by atoms with Crippen molar-refractivity contribution in [2.75, 3.05) is 0 Å². The first-order chi connectivity index (χ1) is 9.76. The molecule has 0 unspecified atom stereocenters. The van der Waals surface area contributed by atoms with Crippen molar-refractivity contribution in [2.24, 2.45) is 5.73 Å². The van der Waals surface area contributed by atoms with Gasteiger partial charge in [0.15, 0.2) is 0 Å². The molecule has 0 saturated heterocycles. The third kappa shape index (κ3) is 2.54. The Labute approximate surface area is 118 Å². The van der Waals surface area contributed by atoms with Crippen molar-refractivity contribution in [3.63, 3.8) is 0 Å². The molecule has 0 aliphatic heterocycles. The van der Waals surface area contributed by atoms with Gasteiger partial charge < -0.3 is 10.5 Å². The topological polar surface area (TPSA) is 82.5 Å². The van der Waals surface area contributed by atoms with Gasteiger partial charge in [-0.2, -0.15) is 9.61 Å². The Bertz CT molecular complexity index is 779. The molecule has 6 nitrogen and oxygen atoms in total. The van der Waals surface area contributed by atoms with Crippen LogP contribution in [0.4, 0.5) is 0 Å². The molecule has 2 aromatic heterocycles.